The van der Waals surface area contributed by atoms with Gasteiger partial charge in [0.1, 0.15) is 17.2 Å². The molecule has 1 aliphatic heterocycles. The van der Waals surface area contributed by atoms with Crippen molar-refractivity contribution in [1.29, 1.82) is 0 Å². The lowest BCUT2D eigenvalue weighted by Crippen LogP contribution is -2.25. The van der Waals surface area contributed by atoms with Crippen LogP contribution in [0.15, 0.2) is 30.7 Å². The minimum absolute atomic E-state index is 0.132. The third-order valence-electron chi connectivity index (χ3n) is 4.74. The lowest BCUT2D eigenvalue weighted by Gasteiger charge is -2.26. The minimum atomic E-state index is -0.434. The Morgan fingerprint density at radius 1 is 1.36 bits per heavy atom. The van der Waals surface area contributed by atoms with E-state index in [1.54, 1.807) is 6.20 Å². The molecule has 1 fully saturated rings. The van der Waals surface area contributed by atoms with Gasteiger partial charge in [-0.2, -0.15) is 5.10 Å². The standard InChI is InChI=1S/C18H19FN6O3/c1-27-18-12(8-11(19)9-20-18)14-4-3-6-24(14)15-5-7-25-16(22-15)13(10-21-25)17(26)23-28-2/h5,7-10,14H,3-4,6H2,1-2H3,(H,23,26)/t14-/m1/s1. The highest BCUT2D eigenvalue weighted by molar-refractivity contribution is 5.99. The molecular weight excluding hydrogens is 367 g/mol. The number of hydrogen-bond acceptors (Lipinski definition) is 7. The average molecular weight is 386 g/mol. The third-order valence-corrected chi connectivity index (χ3v) is 4.74. The van der Waals surface area contributed by atoms with Crippen molar-refractivity contribution in [2.45, 2.75) is 18.9 Å². The summed E-state index contributed by atoms with van der Waals surface area (Å²) in [6.07, 6.45) is 6.02. The molecule has 10 heteroatoms. The number of carbonyl (C=O) groups excluding carboxylic acids is 1. The highest BCUT2D eigenvalue weighted by atomic mass is 19.1. The Kier molecular flexibility index (Phi) is 4.78. The van der Waals surface area contributed by atoms with Crippen LogP contribution in [-0.4, -0.2) is 46.3 Å². The molecule has 0 unspecified atom stereocenters. The van der Waals surface area contributed by atoms with Crippen LogP contribution < -0.4 is 15.1 Å². The van der Waals surface area contributed by atoms with Crippen molar-refractivity contribution in [1.82, 2.24) is 25.1 Å². The molecule has 9 nitrogen and oxygen atoms in total. The number of anilines is 1. The van der Waals surface area contributed by atoms with Gasteiger partial charge in [-0.3, -0.25) is 9.63 Å². The van der Waals surface area contributed by atoms with Crippen molar-refractivity contribution >= 4 is 17.4 Å². The summed E-state index contributed by atoms with van der Waals surface area (Å²) in [6, 6.07) is 3.13. The number of halogens is 1. The van der Waals surface area contributed by atoms with Crippen molar-refractivity contribution in [3.05, 3.63) is 47.7 Å². The van der Waals surface area contributed by atoms with Crippen LogP contribution in [-0.2, 0) is 4.84 Å². The maximum Gasteiger partial charge on any atom is 0.280 e. The number of aromatic nitrogens is 4. The Balaban J connectivity index is 1.74. The number of pyridine rings is 1. The summed E-state index contributed by atoms with van der Waals surface area (Å²) in [5, 5.41) is 4.15. The summed E-state index contributed by atoms with van der Waals surface area (Å²) in [7, 11) is 2.87. The van der Waals surface area contributed by atoms with Crippen LogP contribution in [0.4, 0.5) is 10.2 Å². The van der Waals surface area contributed by atoms with E-state index < -0.39 is 11.7 Å². The number of amides is 1. The second-order valence-electron chi connectivity index (χ2n) is 6.35. The van der Waals surface area contributed by atoms with Crippen molar-refractivity contribution in [2.75, 3.05) is 25.7 Å². The smallest absolute Gasteiger partial charge is 0.280 e. The van der Waals surface area contributed by atoms with Gasteiger partial charge in [-0.25, -0.2) is 24.4 Å². The van der Waals surface area contributed by atoms with Crippen molar-refractivity contribution in [3.63, 3.8) is 0 Å². The zero-order valence-corrected chi connectivity index (χ0v) is 15.4. The number of ether oxygens (including phenoxy) is 1. The van der Waals surface area contributed by atoms with Crippen LogP contribution in [0.25, 0.3) is 5.65 Å². The van der Waals surface area contributed by atoms with E-state index in [0.29, 0.717) is 28.5 Å². The Morgan fingerprint density at radius 2 is 2.21 bits per heavy atom. The van der Waals surface area contributed by atoms with E-state index in [9.17, 15) is 9.18 Å². The molecule has 4 rings (SSSR count). The highest BCUT2D eigenvalue weighted by Crippen LogP contribution is 2.38. The lowest BCUT2D eigenvalue weighted by molar-refractivity contribution is 0.0539. The van der Waals surface area contributed by atoms with Gasteiger partial charge in [0, 0.05) is 18.3 Å². The maximum atomic E-state index is 13.8. The number of hydrogen-bond donors (Lipinski definition) is 1. The number of nitrogens with one attached hydrogen (secondary N) is 1. The summed E-state index contributed by atoms with van der Waals surface area (Å²) in [4.78, 5) is 27.6. The van der Waals surface area contributed by atoms with E-state index in [0.717, 1.165) is 25.6 Å². The monoisotopic (exact) mass is 386 g/mol. The highest BCUT2D eigenvalue weighted by Gasteiger charge is 2.31. The summed E-state index contributed by atoms with van der Waals surface area (Å²) >= 11 is 0. The topological polar surface area (TPSA) is 93.9 Å². The zero-order valence-electron chi connectivity index (χ0n) is 15.4. The second kappa shape index (κ2) is 7.39. The van der Waals surface area contributed by atoms with Gasteiger partial charge in [-0.05, 0) is 25.0 Å². The molecule has 0 spiro atoms. The summed E-state index contributed by atoms with van der Waals surface area (Å²) in [5.74, 6) is 0.202. The molecule has 0 saturated carbocycles. The Labute approximate surface area is 160 Å². The molecule has 0 radical (unpaired) electrons. The van der Waals surface area contributed by atoms with Gasteiger partial charge in [0.05, 0.1) is 32.7 Å². The first-order chi connectivity index (χ1) is 13.6. The second-order valence-corrected chi connectivity index (χ2v) is 6.35. The quantitative estimate of drug-likeness (QED) is 0.670. The number of fused-ring (bicyclic) bond motifs is 1. The molecule has 1 aliphatic rings. The molecule has 1 atom stereocenters. The van der Waals surface area contributed by atoms with Crippen LogP contribution in [0, 0.1) is 5.82 Å². The number of methoxy groups -OCH3 is 1. The molecule has 146 valence electrons. The number of carbonyl (C=O) groups is 1. The maximum absolute atomic E-state index is 13.8. The molecule has 3 aromatic heterocycles. The molecule has 0 aliphatic carbocycles. The average Bonchev–Trinajstić information content (AvgIpc) is 3.34. The first-order valence-electron chi connectivity index (χ1n) is 8.76. The fourth-order valence-corrected chi connectivity index (χ4v) is 3.54. The van der Waals surface area contributed by atoms with Gasteiger partial charge in [-0.1, -0.05) is 0 Å². The van der Waals surface area contributed by atoms with Crippen molar-refractivity contribution in [3.8, 4) is 5.88 Å². The van der Waals surface area contributed by atoms with Gasteiger partial charge in [0.15, 0.2) is 5.65 Å². The largest absolute Gasteiger partial charge is 0.481 e. The van der Waals surface area contributed by atoms with Crippen molar-refractivity contribution in [2.24, 2.45) is 0 Å². The Morgan fingerprint density at radius 3 is 3.00 bits per heavy atom. The fraction of sp³-hybridized carbons (Fsp3) is 0.333. The zero-order chi connectivity index (χ0) is 19.7. The van der Waals surface area contributed by atoms with E-state index in [4.69, 9.17) is 4.74 Å². The Bertz CT molecular complexity index is 1020. The van der Waals surface area contributed by atoms with Crippen molar-refractivity contribution < 1.29 is 18.8 Å². The SMILES string of the molecule is CONC(=O)c1cnn2ccc(N3CCC[C@@H]3c3cc(F)cnc3OC)nc12. The molecular formula is C18H19FN6O3. The Hall–Kier alpha value is -3.27. The molecule has 3 aromatic rings. The van der Waals surface area contributed by atoms with E-state index in [1.165, 1.54) is 31.0 Å². The van der Waals surface area contributed by atoms with Gasteiger partial charge in [0.25, 0.3) is 5.91 Å². The third kappa shape index (κ3) is 3.11. The molecule has 1 saturated heterocycles. The predicted octanol–water partition coefficient (Wildman–Crippen LogP) is 1.90. The summed E-state index contributed by atoms with van der Waals surface area (Å²) < 4.78 is 20.7. The lowest BCUT2D eigenvalue weighted by atomic mass is 10.1. The number of rotatable bonds is 5. The van der Waals surface area contributed by atoms with Gasteiger partial charge < -0.3 is 9.64 Å². The van der Waals surface area contributed by atoms with Crippen LogP contribution in [0.5, 0.6) is 5.88 Å². The molecule has 1 amide bonds. The molecule has 4 heterocycles. The molecule has 0 aromatic carbocycles. The summed E-state index contributed by atoms with van der Waals surface area (Å²) in [5.41, 5.74) is 3.65. The number of nitrogens with zero attached hydrogens (tertiary/aromatic N) is 5. The van der Waals surface area contributed by atoms with Crippen LogP contribution in [0.2, 0.25) is 0 Å². The first kappa shape index (κ1) is 18.1. The van der Waals surface area contributed by atoms with E-state index in [-0.39, 0.29) is 6.04 Å². The van der Waals surface area contributed by atoms with Gasteiger partial charge in [-0.15, -0.1) is 0 Å². The summed E-state index contributed by atoms with van der Waals surface area (Å²) in [6.45, 7) is 0.737. The van der Waals surface area contributed by atoms with Crippen LogP contribution in [0.3, 0.4) is 0 Å². The first-order valence-corrected chi connectivity index (χ1v) is 8.76. The molecule has 0 bridgehead atoms. The van der Waals surface area contributed by atoms with Gasteiger partial charge >= 0.3 is 0 Å². The predicted molar refractivity (Wildman–Crippen MR) is 97.5 cm³/mol. The minimum Gasteiger partial charge on any atom is -0.481 e. The van der Waals surface area contributed by atoms with Gasteiger partial charge in [0.2, 0.25) is 5.88 Å². The van der Waals surface area contributed by atoms with E-state index in [2.05, 4.69) is 30.3 Å². The molecule has 28 heavy (non-hydrogen) atoms. The van der Waals surface area contributed by atoms with E-state index >= 15 is 0 Å². The molecule has 1 N–H and O–H groups in total. The normalized spacial score (nSPS) is 16.5. The van der Waals surface area contributed by atoms with E-state index in [1.807, 2.05) is 6.07 Å². The van der Waals surface area contributed by atoms with Crippen LogP contribution in [0.1, 0.15) is 34.8 Å². The number of hydroxylamine groups is 1. The van der Waals surface area contributed by atoms with Crippen LogP contribution >= 0.6 is 0 Å². The fourth-order valence-electron chi connectivity index (χ4n) is 3.54.